The van der Waals surface area contributed by atoms with Gasteiger partial charge in [-0.15, -0.1) is 0 Å². The second-order valence-corrected chi connectivity index (χ2v) is 6.08. The van der Waals surface area contributed by atoms with Crippen LogP contribution >= 0.6 is 0 Å². The molecule has 0 spiro atoms. The lowest BCUT2D eigenvalue weighted by Gasteiger charge is -2.04. The van der Waals surface area contributed by atoms with Gasteiger partial charge in [0.25, 0.3) is 0 Å². The maximum Gasteiger partial charge on any atom is -0.0109 e. The molecule has 0 saturated heterocycles. The summed E-state index contributed by atoms with van der Waals surface area (Å²) in [5.74, 6) is 0. The molecule has 0 aliphatic carbocycles. The largest absolute Gasteiger partial charge is 0.0984 e. The summed E-state index contributed by atoms with van der Waals surface area (Å²) in [6.07, 6.45) is 1.89. The summed E-state index contributed by atoms with van der Waals surface area (Å²) in [6, 6.07) is 29.3. The van der Waals surface area contributed by atoms with Crippen molar-refractivity contribution in [1.82, 2.24) is 0 Å². The molecular formula is C25H22. The van der Waals surface area contributed by atoms with Crippen molar-refractivity contribution in [1.29, 1.82) is 0 Å². The average Bonchev–Trinajstić information content (AvgIpc) is 2.67. The van der Waals surface area contributed by atoms with Gasteiger partial charge in [-0.25, -0.2) is 0 Å². The van der Waals surface area contributed by atoms with Crippen LogP contribution in [0.4, 0.5) is 0 Å². The Morgan fingerprint density at radius 3 is 1.84 bits per heavy atom. The average molecular weight is 322 g/mol. The van der Waals surface area contributed by atoms with Crippen LogP contribution in [0, 0.1) is 0 Å². The molecule has 25 heavy (non-hydrogen) atoms. The lowest BCUT2D eigenvalue weighted by molar-refractivity contribution is 1.63. The Kier molecular flexibility index (Phi) is 5.11. The Bertz CT molecular complexity index is 1030. The maximum absolute atomic E-state index is 3.98. The van der Waals surface area contributed by atoms with Crippen LogP contribution < -0.4 is 0 Å². The minimum Gasteiger partial charge on any atom is -0.0984 e. The molecule has 0 amide bonds. The van der Waals surface area contributed by atoms with E-state index in [4.69, 9.17) is 0 Å². The third-order valence-corrected chi connectivity index (χ3v) is 4.29. The van der Waals surface area contributed by atoms with Gasteiger partial charge in [-0.1, -0.05) is 110 Å². The third-order valence-electron chi connectivity index (χ3n) is 4.29. The number of fused-ring (bicyclic) bond motifs is 2. The number of hydrogen-bond acceptors (Lipinski definition) is 0. The molecule has 0 N–H and O–H groups in total. The quantitative estimate of drug-likeness (QED) is 0.362. The van der Waals surface area contributed by atoms with E-state index in [1.54, 1.807) is 0 Å². The van der Waals surface area contributed by atoms with E-state index >= 15 is 0 Å². The fourth-order valence-corrected chi connectivity index (χ4v) is 3.03. The Hall–Kier alpha value is -3.12. The minimum absolute atomic E-state index is 1.12. The van der Waals surface area contributed by atoms with Crippen LogP contribution in [0.25, 0.3) is 33.2 Å². The van der Waals surface area contributed by atoms with Gasteiger partial charge in [0, 0.05) is 0 Å². The van der Waals surface area contributed by atoms with Gasteiger partial charge in [0.2, 0.25) is 0 Å². The molecule has 4 aromatic rings. The Morgan fingerprint density at radius 1 is 0.680 bits per heavy atom. The van der Waals surface area contributed by atoms with Crippen LogP contribution in [-0.2, 0) is 0 Å². The van der Waals surface area contributed by atoms with Crippen molar-refractivity contribution < 1.29 is 0 Å². The van der Waals surface area contributed by atoms with Gasteiger partial charge in [0.05, 0.1) is 0 Å². The normalized spacial score (nSPS) is 10.1. The smallest absolute Gasteiger partial charge is 0.0109 e. The highest BCUT2D eigenvalue weighted by Crippen LogP contribution is 2.23. The van der Waals surface area contributed by atoms with Crippen molar-refractivity contribution in [2.24, 2.45) is 0 Å². The highest BCUT2D eigenvalue weighted by Gasteiger charge is 1.98. The molecule has 0 aromatic heterocycles. The molecule has 0 fully saturated rings. The number of allylic oxidation sites excluding steroid dienone is 1. The molecule has 122 valence electrons. The third kappa shape index (κ3) is 3.70. The van der Waals surface area contributed by atoms with Crippen molar-refractivity contribution in [3.63, 3.8) is 0 Å². The molecule has 0 nitrogen and oxygen atoms in total. The molecule has 0 unspecified atom stereocenters. The first-order valence-electron chi connectivity index (χ1n) is 8.44. The fraction of sp³-hybridized carbons (Fsp3) is 0.0400. The number of hydrogen-bond donors (Lipinski definition) is 0. The molecule has 0 saturated carbocycles. The van der Waals surface area contributed by atoms with Crippen molar-refractivity contribution in [2.75, 3.05) is 0 Å². The summed E-state index contributed by atoms with van der Waals surface area (Å²) in [7, 11) is 0. The van der Waals surface area contributed by atoms with Gasteiger partial charge in [-0.2, -0.15) is 0 Å². The van der Waals surface area contributed by atoms with Crippen molar-refractivity contribution in [2.45, 2.75) is 6.92 Å². The predicted octanol–water partition coefficient (Wildman–Crippen LogP) is 7.36. The summed E-state index contributed by atoms with van der Waals surface area (Å²) < 4.78 is 0. The van der Waals surface area contributed by atoms with E-state index < -0.39 is 0 Å². The zero-order valence-electron chi connectivity index (χ0n) is 14.6. The van der Waals surface area contributed by atoms with Gasteiger partial charge in [0.1, 0.15) is 0 Å². The lowest BCUT2D eigenvalue weighted by Crippen LogP contribution is -1.80. The predicted molar refractivity (Wildman–Crippen MR) is 113 cm³/mol. The molecule has 0 aliphatic rings. The molecule has 0 heterocycles. The van der Waals surface area contributed by atoms with E-state index in [9.17, 15) is 0 Å². The monoisotopic (exact) mass is 322 g/mol. The van der Waals surface area contributed by atoms with Crippen molar-refractivity contribution in [3.8, 4) is 0 Å². The summed E-state index contributed by atoms with van der Waals surface area (Å²) in [6.45, 7) is 9.80. The van der Waals surface area contributed by atoms with Crippen molar-refractivity contribution in [3.05, 3.63) is 109 Å². The highest BCUT2D eigenvalue weighted by molar-refractivity contribution is 5.93. The zero-order chi connectivity index (χ0) is 17.6. The van der Waals surface area contributed by atoms with E-state index in [0.29, 0.717) is 0 Å². The lowest BCUT2D eigenvalue weighted by atomic mass is 10.0. The minimum atomic E-state index is 1.12. The zero-order valence-corrected chi connectivity index (χ0v) is 14.6. The van der Waals surface area contributed by atoms with E-state index in [-0.39, 0.29) is 0 Å². The first-order valence-corrected chi connectivity index (χ1v) is 8.44. The Morgan fingerprint density at radius 2 is 1.20 bits per heavy atom. The van der Waals surface area contributed by atoms with Crippen LogP contribution in [0.5, 0.6) is 0 Å². The maximum atomic E-state index is 3.98. The van der Waals surface area contributed by atoms with Gasteiger partial charge in [-0.3, -0.25) is 0 Å². The summed E-state index contributed by atoms with van der Waals surface area (Å²) in [5, 5.41) is 5.12. The first kappa shape index (κ1) is 16.7. The van der Waals surface area contributed by atoms with Crippen molar-refractivity contribution >= 4 is 33.2 Å². The first-order chi connectivity index (χ1) is 12.2. The molecule has 0 heteroatoms. The van der Waals surface area contributed by atoms with E-state index in [1.165, 1.54) is 32.7 Å². The van der Waals surface area contributed by atoms with E-state index in [0.717, 1.165) is 5.57 Å². The van der Waals surface area contributed by atoms with Crippen LogP contribution in [0.1, 0.15) is 18.1 Å². The molecule has 0 radical (unpaired) electrons. The van der Waals surface area contributed by atoms with Gasteiger partial charge in [0.15, 0.2) is 0 Å². The second-order valence-electron chi connectivity index (χ2n) is 6.08. The molecule has 4 aromatic carbocycles. The molecule has 0 atom stereocenters. The summed E-state index contributed by atoms with van der Waals surface area (Å²) in [4.78, 5) is 0. The van der Waals surface area contributed by atoms with Gasteiger partial charge < -0.3 is 0 Å². The second kappa shape index (κ2) is 7.63. The van der Waals surface area contributed by atoms with Crippen LogP contribution in [0.3, 0.4) is 0 Å². The molecule has 4 rings (SSSR count). The molecule has 0 bridgehead atoms. The summed E-state index contributed by atoms with van der Waals surface area (Å²) >= 11 is 0. The van der Waals surface area contributed by atoms with Gasteiger partial charge >= 0.3 is 0 Å². The Balaban J connectivity index is 0.000000146. The topological polar surface area (TPSA) is 0 Å². The highest BCUT2D eigenvalue weighted by atomic mass is 14.0. The SMILES string of the molecule is C=C(C)c1cccc2ccccc12.C=Cc1cccc2ccccc12. The Labute approximate surface area is 149 Å². The summed E-state index contributed by atoms with van der Waals surface area (Å²) in [5.41, 5.74) is 3.57. The molecule has 0 aliphatic heterocycles. The molecular weight excluding hydrogens is 300 g/mol. The van der Waals surface area contributed by atoms with Gasteiger partial charge in [-0.05, 0) is 39.6 Å². The standard InChI is InChI=1S/C13H12.C12H10/c1-10(2)12-9-5-7-11-6-3-4-8-13(11)12;1-2-10-7-5-8-11-6-3-4-9-12(10)11/h3-9H,1H2,2H3;2-9H,1H2. The van der Waals surface area contributed by atoms with Crippen LogP contribution in [0.15, 0.2) is 98.1 Å². The van der Waals surface area contributed by atoms with Crippen LogP contribution in [0.2, 0.25) is 0 Å². The van der Waals surface area contributed by atoms with E-state index in [2.05, 4.69) is 98.1 Å². The van der Waals surface area contributed by atoms with Crippen LogP contribution in [-0.4, -0.2) is 0 Å². The fourth-order valence-electron chi connectivity index (χ4n) is 3.03. The number of rotatable bonds is 2. The van der Waals surface area contributed by atoms with E-state index in [1.807, 2.05) is 13.0 Å². The number of benzene rings is 4.